The standard InChI is InChI=1S/C13H11BrN6O2/c1-22-13(21)8-4-9(12-15-5-10(14)19(12)6-8)20-11(7-2-3-7)16-17-18-20/h4-7H,2-3H2,1H3. The Hall–Kier alpha value is -2.29. The maximum Gasteiger partial charge on any atom is 0.339 e. The van der Waals surface area contributed by atoms with Crippen LogP contribution in [0.15, 0.2) is 23.1 Å². The molecule has 9 heteroatoms. The van der Waals surface area contributed by atoms with Crippen LogP contribution in [0.1, 0.15) is 34.9 Å². The van der Waals surface area contributed by atoms with E-state index in [0.29, 0.717) is 22.8 Å². The first-order valence-corrected chi connectivity index (χ1v) is 7.52. The molecule has 0 aromatic carbocycles. The van der Waals surface area contributed by atoms with E-state index in [0.717, 1.165) is 23.3 Å². The Morgan fingerprint density at radius 2 is 2.27 bits per heavy atom. The summed E-state index contributed by atoms with van der Waals surface area (Å²) in [5.74, 6) is 0.739. The van der Waals surface area contributed by atoms with Gasteiger partial charge in [0.05, 0.1) is 18.9 Å². The molecule has 0 atom stereocenters. The Bertz CT molecular complexity index is 882. The summed E-state index contributed by atoms with van der Waals surface area (Å²) < 4.78 is 8.96. The number of imidazole rings is 1. The van der Waals surface area contributed by atoms with Crippen molar-refractivity contribution in [1.29, 1.82) is 0 Å². The van der Waals surface area contributed by atoms with Crippen LogP contribution in [-0.4, -0.2) is 42.7 Å². The summed E-state index contributed by atoms with van der Waals surface area (Å²) in [4.78, 5) is 16.3. The van der Waals surface area contributed by atoms with Crippen molar-refractivity contribution in [2.45, 2.75) is 18.8 Å². The summed E-state index contributed by atoms with van der Waals surface area (Å²) in [5, 5.41) is 11.9. The molecule has 0 bridgehead atoms. The van der Waals surface area contributed by atoms with Crippen molar-refractivity contribution in [2.75, 3.05) is 7.11 Å². The average Bonchev–Trinajstić information content (AvgIpc) is 3.15. The van der Waals surface area contributed by atoms with Crippen LogP contribution in [0, 0.1) is 0 Å². The molecule has 0 aliphatic heterocycles. The summed E-state index contributed by atoms with van der Waals surface area (Å²) in [7, 11) is 1.35. The number of aromatic nitrogens is 6. The maximum atomic E-state index is 11.9. The predicted octanol–water partition coefficient (Wildman–Crippen LogP) is 1.74. The Kier molecular flexibility index (Phi) is 2.96. The largest absolute Gasteiger partial charge is 0.465 e. The molecule has 0 amide bonds. The Balaban J connectivity index is 1.98. The average molecular weight is 363 g/mol. The van der Waals surface area contributed by atoms with Crippen LogP contribution in [0.5, 0.6) is 0 Å². The number of fused-ring (bicyclic) bond motifs is 1. The maximum absolute atomic E-state index is 11.9. The minimum atomic E-state index is -0.426. The lowest BCUT2D eigenvalue weighted by Crippen LogP contribution is -2.09. The molecule has 1 aliphatic rings. The monoisotopic (exact) mass is 362 g/mol. The number of esters is 1. The molecule has 3 aromatic heterocycles. The first-order valence-electron chi connectivity index (χ1n) is 6.72. The third-order valence-electron chi connectivity index (χ3n) is 3.63. The summed E-state index contributed by atoms with van der Waals surface area (Å²) in [5.41, 5.74) is 1.72. The van der Waals surface area contributed by atoms with E-state index in [1.54, 1.807) is 27.5 Å². The molecule has 112 valence electrons. The predicted molar refractivity (Wildman–Crippen MR) is 78.9 cm³/mol. The van der Waals surface area contributed by atoms with E-state index in [2.05, 4.69) is 36.4 Å². The number of ether oxygens (including phenoxy) is 1. The summed E-state index contributed by atoms with van der Waals surface area (Å²) in [6.45, 7) is 0. The van der Waals surface area contributed by atoms with Crippen molar-refractivity contribution in [2.24, 2.45) is 0 Å². The molecule has 0 saturated heterocycles. The van der Waals surface area contributed by atoms with Gasteiger partial charge in [-0.25, -0.2) is 9.78 Å². The quantitative estimate of drug-likeness (QED) is 0.659. The summed E-state index contributed by atoms with van der Waals surface area (Å²) in [6.07, 6.45) is 5.49. The minimum absolute atomic E-state index is 0.371. The Labute approximate surface area is 133 Å². The van der Waals surface area contributed by atoms with Gasteiger partial charge in [-0.1, -0.05) is 0 Å². The van der Waals surface area contributed by atoms with Gasteiger partial charge in [-0.05, 0) is 45.3 Å². The number of hydrogen-bond donors (Lipinski definition) is 0. The number of halogens is 1. The van der Waals surface area contributed by atoms with E-state index in [9.17, 15) is 4.79 Å². The molecule has 3 aromatic rings. The molecule has 4 rings (SSSR count). The number of carbonyl (C=O) groups excluding carboxylic acids is 1. The van der Waals surface area contributed by atoms with Crippen molar-refractivity contribution in [3.63, 3.8) is 0 Å². The number of tetrazole rings is 1. The van der Waals surface area contributed by atoms with Crippen molar-refractivity contribution in [1.82, 2.24) is 29.6 Å². The SMILES string of the molecule is COC(=O)c1cc(-n2nnnc2C2CC2)c2ncc(Br)n2c1. The number of hydrogen-bond acceptors (Lipinski definition) is 6. The molecule has 22 heavy (non-hydrogen) atoms. The van der Waals surface area contributed by atoms with Crippen molar-refractivity contribution < 1.29 is 9.53 Å². The van der Waals surface area contributed by atoms with Gasteiger partial charge in [-0.3, -0.25) is 4.40 Å². The number of pyridine rings is 1. The molecule has 1 fully saturated rings. The van der Waals surface area contributed by atoms with Crippen molar-refractivity contribution >= 4 is 27.5 Å². The van der Waals surface area contributed by atoms with Gasteiger partial charge in [0.15, 0.2) is 11.5 Å². The third kappa shape index (κ3) is 2.00. The molecule has 8 nitrogen and oxygen atoms in total. The van der Waals surface area contributed by atoms with Crippen molar-refractivity contribution in [3.05, 3.63) is 34.5 Å². The highest BCUT2D eigenvalue weighted by molar-refractivity contribution is 9.10. The van der Waals surface area contributed by atoms with Gasteiger partial charge in [0.1, 0.15) is 10.3 Å². The highest BCUT2D eigenvalue weighted by Gasteiger charge is 2.31. The van der Waals surface area contributed by atoms with Crippen LogP contribution >= 0.6 is 15.9 Å². The lowest BCUT2D eigenvalue weighted by molar-refractivity contribution is 0.0600. The third-order valence-corrected chi connectivity index (χ3v) is 4.21. The van der Waals surface area contributed by atoms with Gasteiger partial charge >= 0.3 is 5.97 Å². The fraction of sp³-hybridized carbons (Fsp3) is 0.308. The molecule has 1 aliphatic carbocycles. The van der Waals surface area contributed by atoms with Crippen LogP contribution in [0.4, 0.5) is 0 Å². The molecule has 0 N–H and O–H groups in total. The van der Waals surface area contributed by atoms with E-state index in [1.807, 2.05) is 0 Å². The van der Waals surface area contributed by atoms with E-state index < -0.39 is 5.97 Å². The van der Waals surface area contributed by atoms with Gasteiger partial charge in [0, 0.05) is 12.1 Å². The number of nitrogens with zero attached hydrogens (tertiary/aromatic N) is 6. The molecular weight excluding hydrogens is 352 g/mol. The zero-order chi connectivity index (χ0) is 15.3. The second-order valence-electron chi connectivity index (χ2n) is 5.10. The number of rotatable bonds is 3. The zero-order valence-electron chi connectivity index (χ0n) is 11.6. The lowest BCUT2D eigenvalue weighted by atomic mass is 10.2. The van der Waals surface area contributed by atoms with Gasteiger partial charge in [0.2, 0.25) is 0 Å². The first-order chi connectivity index (χ1) is 10.7. The highest BCUT2D eigenvalue weighted by atomic mass is 79.9. The smallest absolute Gasteiger partial charge is 0.339 e. The molecule has 0 unspecified atom stereocenters. The molecule has 0 radical (unpaired) electrons. The van der Waals surface area contributed by atoms with Crippen LogP contribution in [0.2, 0.25) is 0 Å². The second-order valence-corrected chi connectivity index (χ2v) is 5.92. The van der Waals surface area contributed by atoms with Crippen LogP contribution < -0.4 is 0 Å². The summed E-state index contributed by atoms with van der Waals surface area (Å²) >= 11 is 3.42. The lowest BCUT2D eigenvalue weighted by Gasteiger charge is -2.08. The van der Waals surface area contributed by atoms with Crippen LogP contribution in [0.3, 0.4) is 0 Å². The minimum Gasteiger partial charge on any atom is -0.465 e. The normalized spacial score (nSPS) is 14.5. The fourth-order valence-corrected chi connectivity index (χ4v) is 2.76. The number of carbonyl (C=O) groups is 1. The summed E-state index contributed by atoms with van der Waals surface area (Å²) in [6, 6.07) is 1.70. The van der Waals surface area contributed by atoms with E-state index in [-0.39, 0.29) is 0 Å². The molecule has 0 spiro atoms. The van der Waals surface area contributed by atoms with Crippen LogP contribution in [0.25, 0.3) is 11.3 Å². The van der Waals surface area contributed by atoms with Gasteiger partial charge in [-0.2, -0.15) is 4.68 Å². The zero-order valence-corrected chi connectivity index (χ0v) is 13.2. The van der Waals surface area contributed by atoms with E-state index >= 15 is 0 Å². The Morgan fingerprint density at radius 1 is 1.45 bits per heavy atom. The first kappa shape index (κ1) is 13.4. The topological polar surface area (TPSA) is 87.2 Å². The highest BCUT2D eigenvalue weighted by Crippen LogP contribution is 2.39. The molecular formula is C13H11BrN6O2. The molecule has 1 saturated carbocycles. The second kappa shape index (κ2) is 4.87. The fourth-order valence-electron chi connectivity index (χ4n) is 2.39. The molecule has 3 heterocycles. The van der Waals surface area contributed by atoms with Gasteiger partial charge < -0.3 is 4.74 Å². The van der Waals surface area contributed by atoms with E-state index in [1.165, 1.54) is 7.11 Å². The van der Waals surface area contributed by atoms with Crippen molar-refractivity contribution in [3.8, 4) is 5.69 Å². The van der Waals surface area contributed by atoms with E-state index in [4.69, 9.17) is 4.74 Å². The number of methoxy groups -OCH3 is 1. The van der Waals surface area contributed by atoms with Gasteiger partial charge in [-0.15, -0.1) is 5.10 Å². The van der Waals surface area contributed by atoms with Gasteiger partial charge in [0.25, 0.3) is 0 Å². The van der Waals surface area contributed by atoms with Crippen LogP contribution in [-0.2, 0) is 4.74 Å². The Morgan fingerprint density at radius 3 is 3.00 bits per heavy atom.